The van der Waals surface area contributed by atoms with Gasteiger partial charge in [0.2, 0.25) is 0 Å². The number of halogens is 4. The fourth-order valence-electron chi connectivity index (χ4n) is 5.53. The van der Waals surface area contributed by atoms with Crippen LogP contribution >= 0.6 is 11.3 Å². The van der Waals surface area contributed by atoms with Gasteiger partial charge in [0.05, 0.1) is 21.5 Å². The molecular weight excluding hydrogens is 610 g/mol. The van der Waals surface area contributed by atoms with E-state index >= 15 is 0 Å². The minimum Gasteiger partial charge on any atom is -0.465 e. The maximum atomic E-state index is 14.0. The Hall–Kier alpha value is -4.83. The molecule has 1 fully saturated rings. The molecule has 234 valence electrons. The Labute approximate surface area is 260 Å². The highest BCUT2D eigenvalue weighted by Crippen LogP contribution is 2.44. The summed E-state index contributed by atoms with van der Waals surface area (Å²) in [6.07, 6.45) is -2.79. The first-order valence-electron chi connectivity index (χ1n) is 13.9. The second-order valence-electron chi connectivity index (χ2n) is 11.7. The highest BCUT2D eigenvalue weighted by molar-refractivity contribution is 7.18. The van der Waals surface area contributed by atoms with Crippen LogP contribution in [0.15, 0.2) is 54.0 Å². The number of carboxylic acid groups (broad SMARTS) is 1. The second-order valence-corrected chi connectivity index (χ2v) is 12.5. The molecule has 1 aliphatic rings. The Balaban J connectivity index is 1.40. The SMILES string of the molecule is CC(C)(C)[C@]1(C#Cc2cnc(N)c3c(-c4ccc(NC(=O)Nc5cc(C(F)(F)F)ccc5F)cc4)csc23)CCCN1C(=O)O. The summed E-state index contributed by atoms with van der Waals surface area (Å²) in [5.41, 5.74) is 5.73. The second kappa shape index (κ2) is 11.6. The summed E-state index contributed by atoms with van der Waals surface area (Å²) in [4.78, 5) is 30.3. The quantitative estimate of drug-likeness (QED) is 0.133. The van der Waals surface area contributed by atoms with Crippen LogP contribution in [0.3, 0.4) is 0 Å². The van der Waals surface area contributed by atoms with Gasteiger partial charge in [0, 0.05) is 29.4 Å². The molecule has 3 heterocycles. The molecule has 1 aliphatic heterocycles. The van der Waals surface area contributed by atoms with E-state index in [0.29, 0.717) is 54.2 Å². The van der Waals surface area contributed by atoms with Crippen LogP contribution in [0.2, 0.25) is 0 Å². The van der Waals surface area contributed by atoms with Crippen LogP contribution in [0, 0.1) is 23.1 Å². The first-order valence-corrected chi connectivity index (χ1v) is 14.7. The number of urea groups is 1. The summed E-state index contributed by atoms with van der Waals surface area (Å²) in [6, 6.07) is 7.44. The summed E-state index contributed by atoms with van der Waals surface area (Å²) >= 11 is 1.42. The molecule has 0 saturated carbocycles. The number of anilines is 3. The molecule has 8 nitrogen and oxygen atoms in total. The highest BCUT2D eigenvalue weighted by atomic mass is 32.1. The summed E-state index contributed by atoms with van der Waals surface area (Å²) < 4.78 is 53.8. The lowest BCUT2D eigenvalue weighted by Crippen LogP contribution is -2.54. The van der Waals surface area contributed by atoms with Gasteiger partial charge in [0.25, 0.3) is 0 Å². The van der Waals surface area contributed by atoms with Gasteiger partial charge in [-0.2, -0.15) is 13.2 Å². The van der Waals surface area contributed by atoms with Gasteiger partial charge in [-0.15, -0.1) is 11.3 Å². The lowest BCUT2D eigenvalue weighted by atomic mass is 9.72. The Morgan fingerprint density at radius 1 is 1.11 bits per heavy atom. The van der Waals surface area contributed by atoms with Gasteiger partial charge in [-0.25, -0.2) is 19.0 Å². The minimum absolute atomic E-state index is 0.287. The number of benzene rings is 2. The van der Waals surface area contributed by atoms with Crippen molar-refractivity contribution in [1.82, 2.24) is 9.88 Å². The number of pyridine rings is 1. The molecule has 1 atom stereocenters. The van der Waals surface area contributed by atoms with E-state index in [2.05, 4.69) is 27.5 Å². The molecule has 0 unspecified atom stereocenters. The van der Waals surface area contributed by atoms with Crippen molar-refractivity contribution in [2.75, 3.05) is 22.9 Å². The number of thiophene rings is 1. The maximum absolute atomic E-state index is 14.0. The molecule has 3 amide bonds. The van der Waals surface area contributed by atoms with Gasteiger partial charge in [0.1, 0.15) is 17.2 Å². The number of rotatable bonds is 3. The van der Waals surface area contributed by atoms with Crippen molar-refractivity contribution in [3.63, 3.8) is 0 Å². The predicted molar refractivity (Wildman–Crippen MR) is 167 cm³/mol. The Morgan fingerprint density at radius 2 is 1.82 bits per heavy atom. The van der Waals surface area contributed by atoms with Crippen LogP contribution in [0.5, 0.6) is 0 Å². The van der Waals surface area contributed by atoms with Crippen LogP contribution < -0.4 is 16.4 Å². The normalized spacial score (nSPS) is 16.7. The lowest BCUT2D eigenvalue weighted by molar-refractivity contribution is -0.137. The number of carbonyl (C=O) groups excluding carboxylic acids is 1. The van der Waals surface area contributed by atoms with Crippen molar-refractivity contribution in [2.45, 2.75) is 45.3 Å². The number of hydrogen-bond acceptors (Lipinski definition) is 5. The third kappa shape index (κ3) is 6.10. The largest absolute Gasteiger partial charge is 0.465 e. The van der Waals surface area contributed by atoms with Gasteiger partial charge in [-0.3, -0.25) is 4.90 Å². The van der Waals surface area contributed by atoms with Crippen molar-refractivity contribution < 1.29 is 32.3 Å². The molecule has 5 rings (SSSR count). The summed E-state index contributed by atoms with van der Waals surface area (Å²) in [5, 5.41) is 17.0. The van der Waals surface area contributed by atoms with E-state index in [4.69, 9.17) is 5.73 Å². The highest BCUT2D eigenvalue weighted by Gasteiger charge is 2.51. The average molecular weight is 640 g/mol. The van der Waals surface area contributed by atoms with Gasteiger partial charge < -0.3 is 21.5 Å². The number of nitrogens with zero attached hydrogens (tertiary/aromatic N) is 2. The van der Waals surface area contributed by atoms with Gasteiger partial charge in [-0.05, 0) is 59.5 Å². The smallest absolute Gasteiger partial charge is 0.416 e. The summed E-state index contributed by atoms with van der Waals surface area (Å²) in [5.74, 6) is 5.79. The van der Waals surface area contributed by atoms with E-state index < -0.39 is 46.3 Å². The van der Waals surface area contributed by atoms with Crippen molar-refractivity contribution in [3.05, 3.63) is 71.0 Å². The zero-order valence-electron chi connectivity index (χ0n) is 24.5. The zero-order valence-corrected chi connectivity index (χ0v) is 25.3. The lowest BCUT2D eigenvalue weighted by Gasteiger charge is -2.43. The van der Waals surface area contributed by atoms with Gasteiger partial charge >= 0.3 is 18.3 Å². The number of amides is 3. The first-order chi connectivity index (χ1) is 21.1. The predicted octanol–water partition coefficient (Wildman–Crippen LogP) is 8.26. The van der Waals surface area contributed by atoms with Crippen LogP contribution in [0.1, 0.15) is 44.7 Å². The Bertz CT molecular complexity index is 1860. The first kappa shape index (κ1) is 31.6. The van der Waals surface area contributed by atoms with Crippen LogP contribution in [0.4, 0.5) is 44.3 Å². The van der Waals surface area contributed by atoms with Gasteiger partial charge in [0.15, 0.2) is 0 Å². The van der Waals surface area contributed by atoms with E-state index in [-0.39, 0.29) is 5.82 Å². The minimum atomic E-state index is -4.69. The summed E-state index contributed by atoms with van der Waals surface area (Å²) in [7, 11) is 0. The molecule has 2 aromatic heterocycles. The third-order valence-electron chi connectivity index (χ3n) is 7.88. The van der Waals surface area contributed by atoms with Crippen molar-refractivity contribution in [3.8, 4) is 23.0 Å². The topological polar surface area (TPSA) is 121 Å². The van der Waals surface area contributed by atoms with Crippen molar-refractivity contribution in [1.29, 1.82) is 0 Å². The monoisotopic (exact) mass is 639 g/mol. The van der Waals surface area contributed by atoms with E-state index in [1.54, 1.807) is 30.5 Å². The molecule has 0 radical (unpaired) electrons. The number of nitrogen functional groups attached to an aromatic ring is 1. The van der Waals surface area contributed by atoms with E-state index in [9.17, 15) is 32.3 Å². The van der Waals surface area contributed by atoms with Crippen molar-refractivity contribution >= 4 is 50.7 Å². The Morgan fingerprint density at radius 3 is 2.47 bits per heavy atom. The number of nitrogens with one attached hydrogen (secondary N) is 2. The molecule has 2 aromatic carbocycles. The molecule has 4 aromatic rings. The number of carbonyl (C=O) groups is 2. The van der Waals surface area contributed by atoms with Crippen LogP contribution in [-0.2, 0) is 6.18 Å². The Kier molecular flexibility index (Phi) is 8.14. The van der Waals surface area contributed by atoms with E-state index in [1.165, 1.54) is 16.2 Å². The number of alkyl halides is 3. The molecule has 1 saturated heterocycles. The molecule has 5 N–H and O–H groups in total. The fraction of sp³-hybridized carbons (Fsp3) is 0.281. The fourth-order valence-corrected chi connectivity index (χ4v) is 6.58. The number of likely N-dealkylation sites (tertiary alicyclic amines) is 1. The maximum Gasteiger partial charge on any atom is 0.416 e. The number of hydrogen-bond donors (Lipinski definition) is 4. The van der Waals surface area contributed by atoms with Crippen molar-refractivity contribution in [2.24, 2.45) is 5.41 Å². The molecular formula is C32H29F4N5O3S. The molecule has 0 spiro atoms. The van der Waals surface area contributed by atoms with Crippen LogP contribution in [0.25, 0.3) is 21.2 Å². The van der Waals surface area contributed by atoms with E-state index in [1.807, 2.05) is 26.2 Å². The van der Waals surface area contributed by atoms with E-state index in [0.717, 1.165) is 15.8 Å². The molecule has 13 heteroatoms. The molecule has 45 heavy (non-hydrogen) atoms. The average Bonchev–Trinajstić information content (AvgIpc) is 3.60. The number of fused-ring (bicyclic) bond motifs is 1. The standard InChI is InChI=1S/C32H29F4N5O3S/c1-30(2,3)31(12-4-14-41(31)29(43)44)13-11-19-16-38-27(37)25-22(17-45-26(19)25)18-5-8-21(9-6-18)39-28(42)40-24-15-20(32(34,35)36)7-10-23(24)33/h5-10,15-17H,4,12,14H2,1-3H3,(H2,37,38)(H,43,44)(H2,39,40,42)/t31-/m1/s1. The third-order valence-corrected chi connectivity index (χ3v) is 8.89. The molecule has 0 aliphatic carbocycles. The number of nitrogens with two attached hydrogens (primary N) is 1. The number of aromatic nitrogens is 1. The van der Waals surface area contributed by atoms with Gasteiger partial charge in [-0.1, -0.05) is 44.7 Å². The molecule has 0 bridgehead atoms. The zero-order chi connectivity index (χ0) is 32.7. The summed E-state index contributed by atoms with van der Waals surface area (Å²) in [6.45, 7) is 6.35. The van der Waals surface area contributed by atoms with Crippen LogP contribution in [-0.4, -0.2) is 39.2 Å².